The van der Waals surface area contributed by atoms with E-state index in [4.69, 9.17) is 0 Å². The fraction of sp³-hybridized carbons (Fsp3) is 0.550. The zero-order valence-corrected chi connectivity index (χ0v) is 20.9. The molecule has 1 heterocycles. The van der Waals surface area contributed by atoms with Gasteiger partial charge in [0.1, 0.15) is 0 Å². The molecule has 0 spiro atoms. The fourth-order valence-electron chi connectivity index (χ4n) is 3.25. The molecule has 0 fully saturated rings. The van der Waals surface area contributed by atoms with Crippen molar-refractivity contribution in [3.05, 3.63) is 35.5 Å². The largest absolute Gasteiger partial charge is 0.361 e. The van der Waals surface area contributed by atoms with Crippen LogP contribution in [0, 0.1) is 6.92 Å². The van der Waals surface area contributed by atoms with E-state index in [0.29, 0.717) is 19.0 Å². The monoisotopic (exact) mass is 535 g/mol. The summed E-state index contributed by atoms with van der Waals surface area (Å²) in [5, 5.41) is 7.72. The number of fused-ring (bicyclic) bond motifs is 1. The smallest absolute Gasteiger partial charge is 0.215 e. The van der Waals surface area contributed by atoms with Crippen molar-refractivity contribution in [1.82, 2.24) is 19.9 Å². The Balaban J connectivity index is 0.00000420. The zero-order chi connectivity index (χ0) is 20.6. The Labute approximate surface area is 191 Å². The molecule has 0 aliphatic carbocycles. The first-order chi connectivity index (χ1) is 13.4. The third-order valence-electron chi connectivity index (χ3n) is 4.76. The molecular formula is C20H34IN5O2S. The first kappa shape index (κ1) is 25.7. The van der Waals surface area contributed by atoms with Crippen molar-refractivity contribution in [3.8, 4) is 0 Å². The number of guanidine groups is 1. The molecule has 29 heavy (non-hydrogen) atoms. The first-order valence-corrected chi connectivity index (χ1v) is 11.6. The Kier molecular flexibility index (Phi) is 11.0. The lowest BCUT2D eigenvalue weighted by molar-refractivity contribution is 0.445. The minimum Gasteiger partial charge on any atom is -0.361 e. The second-order valence-electron chi connectivity index (χ2n) is 6.65. The number of benzene rings is 1. The van der Waals surface area contributed by atoms with Gasteiger partial charge in [-0.2, -0.15) is 0 Å². The van der Waals surface area contributed by atoms with Crippen LogP contribution in [0.2, 0.25) is 0 Å². The zero-order valence-electron chi connectivity index (χ0n) is 17.8. The molecule has 0 saturated carbocycles. The molecule has 0 saturated heterocycles. The number of rotatable bonds is 10. The van der Waals surface area contributed by atoms with Crippen LogP contribution in [0.15, 0.2) is 29.4 Å². The number of nitrogens with zero attached hydrogens (tertiary/aromatic N) is 2. The number of hydrogen-bond donors (Lipinski definition) is 3. The molecule has 3 N–H and O–H groups in total. The van der Waals surface area contributed by atoms with Gasteiger partial charge in [0.15, 0.2) is 5.96 Å². The molecule has 0 unspecified atom stereocenters. The second-order valence-corrected chi connectivity index (χ2v) is 8.74. The van der Waals surface area contributed by atoms with E-state index in [2.05, 4.69) is 51.9 Å². The number of aliphatic imine (C=N–C) groups is 1. The fourth-order valence-corrected chi connectivity index (χ4v) is 4.61. The molecule has 9 heteroatoms. The normalized spacial score (nSPS) is 12.2. The minimum absolute atomic E-state index is 0. The number of para-hydroxylation sites is 1. The van der Waals surface area contributed by atoms with Crippen LogP contribution in [0.3, 0.4) is 0 Å². The summed E-state index contributed by atoms with van der Waals surface area (Å²) in [6.07, 6.45) is 2.91. The Morgan fingerprint density at radius 2 is 1.90 bits per heavy atom. The van der Waals surface area contributed by atoms with E-state index in [1.54, 1.807) is 0 Å². The number of sulfonamides is 1. The van der Waals surface area contributed by atoms with E-state index in [1.165, 1.54) is 26.3 Å². The van der Waals surface area contributed by atoms with Crippen LogP contribution in [0.25, 0.3) is 10.9 Å². The van der Waals surface area contributed by atoms with Gasteiger partial charge in [0.2, 0.25) is 10.0 Å². The van der Waals surface area contributed by atoms with Gasteiger partial charge in [-0.1, -0.05) is 32.0 Å². The van der Waals surface area contributed by atoms with Gasteiger partial charge in [0.05, 0.1) is 12.3 Å². The van der Waals surface area contributed by atoms with Crippen molar-refractivity contribution in [2.45, 2.75) is 34.1 Å². The average molecular weight is 535 g/mol. The van der Waals surface area contributed by atoms with Crippen molar-refractivity contribution in [1.29, 1.82) is 0 Å². The van der Waals surface area contributed by atoms with Crippen molar-refractivity contribution in [2.24, 2.45) is 4.99 Å². The Hall–Kier alpha value is -1.33. The van der Waals surface area contributed by atoms with Crippen molar-refractivity contribution in [2.75, 3.05) is 38.5 Å². The lowest BCUT2D eigenvalue weighted by atomic mass is 10.1. The van der Waals surface area contributed by atoms with Gasteiger partial charge in [-0.15, -0.1) is 24.0 Å². The highest BCUT2D eigenvalue weighted by atomic mass is 127. The predicted molar refractivity (Wildman–Crippen MR) is 133 cm³/mol. The van der Waals surface area contributed by atoms with Gasteiger partial charge in [-0.25, -0.2) is 12.7 Å². The highest BCUT2D eigenvalue weighted by Gasteiger charge is 2.17. The third-order valence-corrected chi connectivity index (χ3v) is 6.76. The third kappa shape index (κ3) is 7.14. The van der Waals surface area contributed by atoms with Crippen LogP contribution in [-0.4, -0.2) is 62.1 Å². The van der Waals surface area contributed by atoms with Gasteiger partial charge in [-0.3, -0.25) is 4.99 Å². The van der Waals surface area contributed by atoms with Crippen LogP contribution in [0.5, 0.6) is 0 Å². The highest BCUT2D eigenvalue weighted by Crippen LogP contribution is 2.21. The van der Waals surface area contributed by atoms with Gasteiger partial charge in [0.25, 0.3) is 0 Å². The molecule has 1 aromatic heterocycles. The summed E-state index contributed by atoms with van der Waals surface area (Å²) in [6.45, 7) is 10.5. The highest BCUT2D eigenvalue weighted by molar-refractivity contribution is 14.0. The lowest BCUT2D eigenvalue weighted by Crippen LogP contribution is -2.39. The van der Waals surface area contributed by atoms with E-state index in [9.17, 15) is 8.42 Å². The first-order valence-electron chi connectivity index (χ1n) is 9.98. The summed E-state index contributed by atoms with van der Waals surface area (Å²) < 4.78 is 26.0. The minimum atomic E-state index is -3.25. The maximum Gasteiger partial charge on any atom is 0.215 e. The molecule has 164 valence electrons. The molecular weight excluding hydrogens is 501 g/mol. The number of aryl methyl sites for hydroxylation is 1. The van der Waals surface area contributed by atoms with Crippen LogP contribution >= 0.6 is 24.0 Å². The van der Waals surface area contributed by atoms with Gasteiger partial charge >= 0.3 is 0 Å². The molecule has 1 aromatic carbocycles. The summed E-state index contributed by atoms with van der Waals surface area (Å²) in [5.41, 5.74) is 3.67. The van der Waals surface area contributed by atoms with E-state index in [0.717, 1.165) is 19.5 Å². The van der Waals surface area contributed by atoms with Crippen LogP contribution in [-0.2, 0) is 16.4 Å². The number of halogens is 1. The van der Waals surface area contributed by atoms with E-state index < -0.39 is 10.0 Å². The molecule has 0 bridgehead atoms. The van der Waals surface area contributed by atoms with E-state index in [1.807, 2.05) is 20.8 Å². The lowest BCUT2D eigenvalue weighted by Gasteiger charge is -2.18. The molecule has 2 aromatic rings. The molecule has 0 radical (unpaired) electrons. The topological polar surface area (TPSA) is 89.6 Å². The van der Waals surface area contributed by atoms with Crippen molar-refractivity contribution >= 4 is 50.9 Å². The summed E-state index contributed by atoms with van der Waals surface area (Å²) >= 11 is 0. The van der Waals surface area contributed by atoms with E-state index in [-0.39, 0.29) is 36.3 Å². The number of aromatic nitrogens is 1. The molecule has 7 nitrogen and oxygen atoms in total. The second kappa shape index (κ2) is 12.4. The van der Waals surface area contributed by atoms with Gasteiger partial charge in [-0.05, 0) is 31.4 Å². The standard InChI is InChI=1S/C20H33N5O2S.HI/c1-5-21-20(23-13-14-28(26,27)25(6-2)7-3)22-12-11-17-15-24-19-16(4)9-8-10-18(17)19;/h8-10,15,24H,5-7,11-14H2,1-4H3,(H2,21,22,23);1H. The number of aromatic amines is 1. The molecule has 0 aliphatic rings. The SMILES string of the molecule is CCNC(=NCCS(=O)(=O)N(CC)CC)NCCc1c[nH]c2c(C)cccc12.I. The van der Waals surface area contributed by atoms with Crippen LogP contribution < -0.4 is 10.6 Å². The summed E-state index contributed by atoms with van der Waals surface area (Å²) in [5.74, 6) is 0.667. The Bertz CT molecular complexity index is 891. The Morgan fingerprint density at radius 1 is 1.17 bits per heavy atom. The predicted octanol–water partition coefficient (Wildman–Crippen LogP) is 2.86. The van der Waals surface area contributed by atoms with Crippen molar-refractivity contribution < 1.29 is 8.42 Å². The molecule has 0 aliphatic heterocycles. The quantitative estimate of drug-likeness (QED) is 0.248. The number of nitrogens with one attached hydrogen (secondary N) is 3. The number of H-pyrrole nitrogens is 1. The van der Waals surface area contributed by atoms with Crippen LogP contribution in [0.4, 0.5) is 0 Å². The van der Waals surface area contributed by atoms with Crippen LogP contribution in [0.1, 0.15) is 31.9 Å². The molecule has 2 rings (SSSR count). The summed E-state index contributed by atoms with van der Waals surface area (Å²) in [4.78, 5) is 7.77. The van der Waals surface area contributed by atoms with Crippen molar-refractivity contribution in [3.63, 3.8) is 0 Å². The maximum absolute atomic E-state index is 12.3. The number of hydrogen-bond acceptors (Lipinski definition) is 3. The molecule has 0 amide bonds. The van der Waals surface area contributed by atoms with E-state index >= 15 is 0 Å². The Morgan fingerprint density at radius 3 is 2.55 bits per heavy atom. The van der Waals surface area contributed by atoms with Gasteiger partial charge in [0, 0.05) is 43.3 Å². The molecule has 0 atom stereocenters. The maximum atomic E-state index is 12.3. The average Bonchev–Trinajstić information content (AvgIpc) is 3.07. The summed E-state index contributed by atoms with van der Waals surface area (Å²) in [7, 11) is -3.25. The van der Waals surface area contributed by atoms with Gasteiger partial charge < -0.3 is 15.6 Å². The summed E-state index contributed by atoms with van der Waals surface area (Å²) in [6, 6.07) is 6.30.